The van der Waals surface area contributed by atoms with Crippen molar-refractivity contribution in [2.75, 3.05) is 19.3 Å². The normalized spacial score (nSPS) is 25.4. The van der Waals surface area contributed by atoms with Gasteiger partial charge in [0.05, 0.1) is 6.26 Å². The number of nitrogens with zero attached hydrogens (tertiary/aromatic N) is 1. The lowest BCUT2D eigenvalue weighted by molar-refractivity contribution is -0.133. The van der Waals surface area contributed by atoms with Crippen molar-refractivity contribution in [3.8, 4) is 11.1 Å². The molecule has 0 radical (unpaired) electrons. The average Bonchev–Trinajstić information content (AvgIpc) is 3.28. The Bertz CT molecular complexity index is 924. The van der Waals surface area contributed by atoms with E-state index in [-0.39, 0.29) is 17.9 Å². The second-order valence-electron chi connectivity index (χ2n) is 7.57. The van der Waals surface area contributed by atoms with Crippen molar-refractivity contribution in [2.24, 2.45) is 5.92 Å². The molecule has 1 saturated carbocycles. The van der Waals surface area contributed by atoms with E-state index in [1.807, 2.05) is 23.1 Å². The fourth-order valence-electron chi connectivity index (χ4n) is 3.92. The van der Waals surface area contributed by atoms with Crippen LogP contribution in [0.1, 0.15) is 30.1 Å². The van der Waals surface area contributed by atoms with Crippen LogP contribution >= 0.6 is 11.3 Å². The third-order valence-electron chi connectivity index (χ3n) is 5.31. The highest BCUT2D eigenvalue weighted by Gasteiger charge is 2.47. The van der Waals surface area contributed by atoms with E-state index in [1.165, 1.54) is 22.3 Å². The highest BCUT2D eigenvalue weighted by molar-refractivity contribution is 7.88. The Morgan fingerprint density at radius 2 is 2.00 bits per heavy atom. The standard InChI is InChI=1S/C20H24N2O3S2/c1-27(24,25)21-16-8-5-9-22(12-16)20(23)18-11-17(18)19-10-15(13-26-19)14-6-3-2-4-7-14/h2-4,6-7,10,13,16-18,21H,5,8-9,11-12H2,1H3/t16-,17+,18+/m0/s1. The number of likely N-dealkylation sites (tertiary alicyclic amines) is 1. The zero-order valence-corrected chi connectivity index (χ0v) is 16.9. The summed E-state index contributed by atoms with van der Waals surface area (Å²) in [6.07, 6.45) is 3.70. The van der Waals surface area contributed by atoms with E-state index in [0.29, 0.717) is 12.5 Å². The van der Waals surface area contributed by atoms with Gasteiger partial charge in [0.25, 0.3) is 0 Å². The lowest BCUT2D eigenvalue weighted by Crippen LogP contribution is -2.49. The van der Waals surface area contributed by atoms with Crippen molar-refractivity contribution < 1.29 is 13.2 Å². The maximum absolute atomic E-state index is 12.9. The molecule has 1 aromatic carbocycles. The first-order chi connectivity index (χ1) is 12.9. The number of rotatable bonds is 5. The van der Waals surface area contributed by atoms with Crippen LogP contribution in [0.4, 0.5) is 0 Å². The van der Waals surface area contributed by atoms with Gasteiger partial charge < -0.3 is 4.90 Å². The van der Waals surface area contributed by atoms with E-state index in [9.17, 15) is 13.2 Å². The van der Waals surface area contributed by atoms with Gasteiger partial charge >= 0.3 is 0 Å². The SMILES string of the molecule is CS(=O)(=O)N[C@H]1CCCN(C(=O)[C@@H]2C[C@H]2c2cc(-c3ccccc3)cs2)C1. The van der Waals surface area contributed by atoms with Gasteiger partial charge in [-0.15, -0.1) is 11.3 Å². The van der Waals surface area contributed by atoms with Gasteiger partial charge in [-0.05, 0) is 41.8 Å². The molecule has 0 bridgehead atoms. The largest absolute Gasteiger partial charge is 0.341 e. The van der Waals surface area contributed by atoms with Crippen LogP contribution in [0.2, 0.25) is 0 Å². The van der Waals surface area contributed by atoms with Crippen LogP contribution < -0.4 is 4.72 Å². The van der Waals surface area contributed by atoms with Crippen molar-refractivity contribution in [3.05, 3.63) is 46.7 Å². The van der Waals surface area contributed by atoms with Gasteiger partial charge in [0, 0.05) is 35.8 Å². The number of piperidine rings is 1. The van der Waals surface area contributed by atoms with Gasteiger partial charge in [0.15, 0.2) is 0 Å². The fourth-order valence-corrected chi connectivity index (χ4v) is 5.82. The van der Waals surface area contributed by atoms with Crippen molar-refractivity contribution in [1.82, 2.24) is 9.62 Å². The first-order valence-corrected chi connectivity index (χ1v) is 12.1. The third kappa shape index (κ3) is 4.42. The van der Waals surface area contributed by atoms with E-state index >= 15 is 0 Å². The zero-order chi connectivity index (χ0) is 19.0. The molecular weight excluding hydrogens is 380 g/mol. The molecular formula is C20H24N2O3S2. The first kappa shape index (κ1) is 18.7. The van der Waals surface area contributed by atoms with E-state index in [4.69, 9.17) is 0 Å². The van der Waals surface area contributed by atoms with Gasteiger partial charge in [-0.1, -0.05) is 30.3 Å². The molecule has 3 atom stereocenters. The molecule has 2 heterocycles. The Kier molecular flexibility index (Phi) is 5.09. The molecule has 0 spiro atoms. The summed E-state index contributed by atoms with van der Waals surface area (Å²) in [6, 6.07) is 12.3. The second kappa shape index (κ2) is 7.37. The summed E-state index contributed by atoms with van der Waals surface area (Å²) in [4.78, 5) is 16.0. The van der Waals surface area contributed by atoms with E-state index < -0.39 is 10.0 Å². The quantitative estimate of drug-likeness (QED) is 0.833. The molecule has 2 fully saturated rings. The van der Waals surface area contributed by atoms with Gasteiger partial charge in [-0.3, -0.25) is 4.79 Å². The smallest absolute Gasteiger partial charge is 0.226 e. The molecule has 5 nitrogen and oxygen atoms in total. The van der Waals surface area contributed by atoms with Gasteiger partial charge in [-0.2, -0.15) is 0 Å². The van der Waals surface area contributed by atoms with Crippen molar-refractivity contribution in [2.45, 2.75) is 31.2 Å². The van der Waals surface area contributed by atoms with E-state index in [1.54, 1.807) is 11.3 Å². The van der Waals surface area contributed by atoms with E-state index in [0.717, 1.165) is 25.8 Å². The third-order valence-corrected chi connectivity index (χ3v) is 7.14. The van der Waals surface area contributed by atoms with Crippen LogP contribution in [0.3, 0.4) is 0 Å². The Morgan fingerprint density at radius 1 is 1.22 bits per heavy atom. The monoisotopic (exact) mass is 404 g/mol. The molecule has 1 amide bonds. The Morgan fingerprint density at radius 3 is 2.74 bits per heavy atom. The van der Waals surface area contributed by atoms with E-state index in [2.05, 4.69) is 28.3 Å². The van der Waals surface area contributed by atoms with Crippen LogP contribution in [0.15, 0.2) is 41.8 Å². The number of nitrogens with one attached hydrogen (secondary N) is 1. The minimum absolute atomic E-state index is 0.0456. The topological polar surface area (TPSA) is 66.5 Å². The number of benzene rings is 1. The number of hydrogen-bond donors (Lipinski definition) is 1. The highest BCUT2D eigenvalue weighted by atomic mass is 32.2. The van der Waals surface area contributed by atoms with Crippen LogP contribution in [0, 0.1) is 5.92 Å². The molecule has 1 N–H and O–H groups in total. The fraction of sp³-hybridized carbons (Fsp3) is 0.450. The summed E-state index contributed by atoms with van der Waals surface area (Å²) in [5, 5.41) is 2.16. The molecule has 1 saturated heterocycles. The van der Waals surface area contributed by atoms with Crippen LogP contribution in [0.25, 0.3) is 11.1 Å². The maximum Gasteiger partial charge on any atom is 0.226 e. The number of carbonyl (C=O) groups is 1. The number of hydrogen-bond acceptors (Lipinski definition) is 4. The number of carbonyl (C=O) groups excluding carboxylic acids is 1. The summed E-state index contributed by atoms with van der Waals surface area (Å²) < 4.78 is 25.6. The molecule has 1 aliphatic carbocycles. The molecule has 0 unspecified atom stereocenters. The maximum atomic E-state index is 12.9. The number of sulfonamides is 1. The van der Waals surface area contributed by atoms with Gasteiger partial charge in [0.1, 0.15) is 0 Å². The van der Waals surface area contributed by atoms with Crippen LogP contribution in [0.5, 0.6) is 0 Å². The first-order valence-electron chi connectivity index (χ1n) is 9.30. The molecule has 7 heteroatoms. The Balaban J connectivity index is 1.38. The van der Waals surface area contributed by atoms with Gasteiger partial charge in [0.2, 0.25) is 15.9 Å². The minimum Gasteiger partial charge on any atom is -0.341 e. The highest BCUT2D eigenvalue weighted by Crippen LogP contribution is 2.51. The molecule has 27 heavy (non-hydrogen) atoms. The lowest BCUT2D eigenvalue weighted by Gasteiger charge is -2.33. The van der Waals surface area contributed by atoms with Crippen molar-refractivity contribution in [3.63, 3.8) is 0 Å². The molecule has 4 rings (SSSR count). The summed E-state index contributed by atoms with van der Waals surface area (Å²) in [7, 11) is -3.24. The van der Waals surface area contributed by atoms with Gasteiger partial charge in [-0.25, -0.2) is 13.1 Å². The number of amides is 1. The van der Waals surface area contributed by atoms with Crippen molar-refractivity contribution >= 4 is 27.3 Å². The summed E-state index contributed by atoms with van der Waals surface area (Å²) in [5.74, 6) is 0.530. The Labute approximate surface area is 164 Å². The van der Waals surface area contributed by atoms with Crippen LogP contribution in [-0.2, 0) is 14.8 Å². The predicted octanol–water partition coefficient (Wildman–Crippen LogP) is 3.06. The summed E-state index contributed by atoms with van der Waals surface area (Å²) in [6.45, 7) is 1.21. The predicted molar refractivity (Wildman–Crippen MR) is 108 cm³/mol. The minimum atomic E-state index is -3.24. The molecule has 144 valence electrons. The molecule has 2 aliphatic rings. The van der Waals surface area contributed by atoms with Crippen LogP contribution in [-0.4, -0.2) is 44.6 Å². The molecule has 1 aromatic heterocycles. The number of thiophene rings is 1. The second-order valence-corrected chi connectivity index (χ2v) is 10.3. The molecule has 1 aliphatic heterocycles. The lowest BCUT2D eigenvalue weighted by atomic mass is 10.1. The summed E-state index contributed by atoms with van der Waals surface area (Å²) in [5.41, 5.74) is 2.42. The average molecular weight is 405 g/mol. The zero-order valence-electron chi connectivity index (χ0n) is 15.3. The van der Waals surface area contributed by atoms with Crippen molar-refractivity contribution in [1.29, 1.82) is 0 Å². The summed E-state index contributed by atoms with van der Waals surface area (Å²) >= 11 is 1.73. The Hall–Kier alpha value is -1.70. The molecule has 2 aromatic rings.